The average molecular weight is 643 g/mol. The summed E-state index contributed by atoms with van der Waals surface area (Å²) in [5.41, 5.74) is 9.88. The lowest BCUT2D eigenvalue weighted by atomic mass is 10.0. The molecular weight excluding hydrogens is 613 g/mol. The first-order chi connectivity index (χ1) is 24.8. The molecule has 0 amide bonds. The van der Waals surface area contributed by atoms with Gasteiger partial charge >= 0.3 is 0 Å². The standard InChI is InChI=1S/C45H30N4O/c1-4-12-31(13-5-1)32-20-24-36(25-21-32)49(38-28-29-40-39-18-10-11-19-41(39)50-42(40)30-38)37-26-22-35(23-27-37)45-47-43(33-14-6-2-7-15-33)46-44(48-45)34-16-8-3-9-17-34/h1-30H. The predicted molar refractivity (Wildman–Crippen MR) is 204 cm³/mol. The van der Waals surface area contributed by atoms with Gasteiger partial charge in [-0.15, -0.1) is 0 Å². The van der Waals surface area contributed by atoms with Crippen molar-refractivity contribution >= 4 is 39.0 Å². The smallest absolute Gasteiger partial charge is 0.164 e. The van der Waals surface area contributed by atoms with Crippen molar-refractivity contribution in [2.24, 2.45) is 0 Å². The van der Waals surface area contributed by atoms with E-state index >= 15 is 0 Å². The van der Waals surface area contributed by atoms with Crippen molar-refractivity contribution in [2.45, 2.75) is 0 Å². The fraction of sp³-hybridized carbons (Fsp3) is 0. The Kier molecular flexibility index (Phi) is 7.41. The molecule has 0 bridgehead atoms. The van der Waals surface area contributed by atoms with Gasteiger partial charge in [-0.25, -0.2) is 15.0 Å². The molecule has 0 atom stereocenters. The third kappa shape index (κ3) is 5.57. The second-order valence-electron chi connectivity index (χ2n) is 12.1. The largest absolute Gasteiger partial charge is 0.456 e. The second kappa shape index (κ2) is 12.6. The van der Waals surface area contributed by atoms with Crippen molar-refractivity contribution in [3.63, 3.8) is 0 Å². The molecule has 0 fully saturated rings. The topological polar surface area (TPSA) is 55.1 Å². The minimum Gasteiger partial charge on any atom is -0.456 e. The zero-order chi connectivity index (χ0) is 33.3. The number of anilines is 3. The molecule has 0 unspecified atom stereocenters. The van der Waals surface area contributed by atoms with Gasteiger partial charge in [-0.3, -0.25) is 0 Å². The highest BCUT2D eigenvalue weighted by Crippen LogP contribution is 2.39. The fourth-order valence-corrected chi connectivity index (χ4v) is 6.43. The zero-order valence-electron chi connectivity index (χ0n) is 27.0. The molecule has 50 heavy (non-hydrogen) atoms. The summed E-state index contributed by atoms with van der Waals surface area (Å²) in [5, 5.41) is 2.21. The highest BCUT2D eigenvalue weighted by molar-refractivity contribution is 6.06. The maximum Gasteiger partial charge on any atom is 0.164 e. The lowest BCUT2D eigenvalue weighted by molar-refractivity contribution is 0.669. The third-order valence-corrected chi connectivity index (χ3v) is 8.94. The van der Waals surface area contributed by atoms with Gasteiger partial charge in [0, 0.05) is 50.6 Å². The van der Waals surface area contributed by atoms with Crippen LogP contribution >= 0.6 is 0 Å². The average Bonchev–Trinajstić information content (AvgIpc) is 3.57. The molecular formula is C45H30N4O. The molecule has 2 aromatic heterocycles. The Morgan fingerprint density at radius 1 is 0.320 bits per heavy atom. The molecule has 0 N–H and O–H groups in total. The lowest BCUT2D eigenvalue weighted by Crippen LogP contribution is -2.10. The molecule has 0 aliphatic heterocycles. The van der Waals surface area contributed by atoms with Crippen molar-refractivity contribution < 1.29 is 4.42 Å². The van der Waals surface area contributed by atoms with E-state index in [1.807, 2.05) is 84.9 Å². The molecule has 0 radical (unpaired) electrons. The van der Waals surface area contributed by atoms with Crippen LogP contribution < -0.4 is 4.90 Å². The van der Waals surface area contributed by atoms with E-state index in [1.54, 1.807) is 0 Å². The summed E-state index contributed by atoms with van der Waals surface area (Å²) < 4.78 is 6.32. The van der Waals surface area contributed by atoms with Gasteiger partial charge in [0.2, 0.25) is 0 Å². The molecule has 0 saturated carbocycles. The Morgan fingerprint density at radius 2 is 0.720 bits per heavy atom. The molecule has 5 nitrogen and oxygen atoms in total. The Balaban J connectivity index is 1.14. The molecule has 7 aromatic carbocycles. The van der Waals surface area contributed by atoms with Gasteiger partial charge < -0.3 is 9.32 Å². The van der Waals surface area contributed by atoms with Gasteiger partial charge in [-0.2, -0.15) is 0 Å². The van der Waals surface area contributed by atoms with Gasteiger partial charge in [-0.05, 0) is 65.7 Å². The first-order valence-electron chi connectivity index (χ1n) is 16.6. The van der Waals surface area contributed by atoms with Crippen LogP contribution in [0, 0.1) is 0 Å². The van der Waals surface area contributed by atoms with Gasteiger partial charge in [0.1, 0.15) is 11.2 Å². The number of rotatable bonds is 7. The van der Waals surface area contributed by atoms with Crippen molar-refractivity contribution in [2.75, 3.05) is 4.90 Å². The summed E-state index contributed by atoms with van der Waals surface area (Å²) in [5.74, 6) is 1.89. The fourth-order valence-electron chi connectivity index (χ4n) is 6.43. The van der Waals surface area contributed by atoms with Crippen LogP contribution in [0.3, 0.4) is 0 Å². The van der Waals surface area contributed by atoms with Crippen LogP contribution in [0.2, 0.25) is 0 Å². The Morgan fingerprint density at radius 3 is 1.28 bits per heavy atom. The van der Waals surface area contributed by atoms with Crippen LogP contribution in [-0.4, -0.2) is 15.0 Å². The Bertz CT molecular complexity index is 2510. The summed E-state index contributed by atoms with van der Waals surface area (Å²) in [6.07, 6.45) is 0. The molecule has 0 spiro atoms. The Labute approximate surface area is 289 Å². The van der Waals surface area contributed by atoms with Crippen LogP contribution in [0.25, 0.3) is 67.2 Å². The van der Waals surface area contributed by atoms with Crippen LogP contribution in [0.4, 0.5) is 17.1 Å². The summed E-state index contributed by atoms with van der Waals surface area (Å²) in [4.78, 5) is 17.0. The second-order valence-corrected chi connectivity index (χ2v) is 12.1. The number of hydrogen-bond acceptors (Lipinski definition) is 5. The van der Waals surface area contributed by atoms with Crippen LogP contribution in [0.1, 0.15) is 0 Å². The molecule has 0 saturated heterocycles. The van der Waals surface area contributed by atoms with Gasteiger partial charge in [0.25, 0.3) is 0 Å². The minimum absolute atomic E-state index is 0.617. The minimum atomic E-state index is 0.617. The van der Waals surface area contributed by atoms with Crippen molar-refractivity contribution in [3.8, 4) is 45.3 Å². The van der Waals surface area contributed by atoms with E-state index in [4.69, 9.17) is 19.4 Å². The number of fused-ring (bicyclic) bond motifs is 3. The van der Waals surface area contributed by atoms with Crippen molar-refractivity contribution in [3.05, 3.63) is 182 Å². The maximum atomic E-state index is 6.32. The summed E-state index contributed by atoms with van der Waals surface area (Å²) in [6.45, 7) is 0. The predicted octanol–water partition coefficient (Wildman–Crippen LogP) is 11.9. The van der Waals surface area contributed by atoms with E-state index in [-0.39, 0.29) is 0 Å². The molecule has 9 aromatic rings. The number of aromatic nitrogens is 3. The van der Waals surface area contributed by atoms with Crippen molar-refractivity contribution in [1.82, 2.24) is 15.0 Å². The number of nitrogens with zero attached hydrogens (tertiary/aromatic N) is 4. The molecule has 9 rings (SSSR count). The molecule has 5 heteroatoms. The number of hydrogen-bond donors (Lipinski definition) is 0. The number of benzene rings is 7. The normalized spacial score (nSPS) is 11.2. The molecule has 0 aliphatic rings. The first-order valence-corrected chi connectivity index (χ1v) is 16.6. The maximum absolute atomic E-state index is 6.32. The van der Waals surface area contributed by atoms with E-state index < -0.39 is 0 Å². The molecule has 2 heterocycles. The monoisotopic (exact) mass is 642 g/mol. The Hall–Kier alpha value is -6.85. The van der Waals surface area contributed by atoms with Crippen LogP contribution in [0.5, 0.6) is 0 Å². The molecule has 0 aliphatic carbocycles. The summed E-state index contributed by atoms with van der Waals surface area (Å²) >= 11 is 0. The summed E-state index contributed by atoms with van der Waals surface area (Å²) in [6, 6.07) is 62.2. The lowest BCUT2D eigenvalue weighted by Gasteiger charge is -2.26. The van der Waals surface area contributed by atoms with Crippen LogP contribution in [0.15, 0.2) is 186 Å². The quantitative estimate of drug-likeness (QED) is 0.173. The van der Waals surface area contributed by atoms with Crippen LogP contribution in [-0.2, 0) is 0 Å². The highest BCUT2D eigenvalue weighted by atomic mass is 16.3. The number of furan rings is 1. The summed E-state index contributed by atoms with van der Waals surface area (Å²) in [7, 11) is 0. The van der Waals surface area contributed by atoms with E-state index in [1.165, 1.54) is 5.56 Å². The highest BCUT2D eigenvalue weighted by Gasteiger charge is 2.17. The first kappa shape index (κ1) is 29.3. The molecule has 236 valence electrons. The van der Waals surface area contributed by atoms with E-state index in [0.717, 1.165) is 61.3 Å². The van der Waals surface area contributed by atoms with Gasteiger partial charge in [-0.1, -0.05) is 121 Å². The van der Waals surface area contributed by atoms with E-state index in [2.05, 4.69) is 102 Å². The third-order valence-electron chi connectivity index (χ3n) is 8.94. The number of para-hydroxylation sites is 1. The van der Waals surface area contributed by atoms with Gasteiger partial charge in [0.05, 0.1) is 0 Å². The van der Waals surface area contributed by atoms with Crippen molar-refractivity contribution in [1.29, 1.82) is 0 Å². The van der Waals surface area contributed by atoms with Gasteiger partial charge in [0.15, 0.2) is 17.5 Å². The van der Waals surface area contributed by atoms with E-state index in [9.17, 15) is 0 Å². The zero-order valence-corrected chi connectivity index (χ0v) is 27.0. The van der Waals surface area contributed by atoms with E-state index in [0.29, 0.717) is 17.5 Å². The SMILES string of the molecule is c1ccc(-c2ccc(N(c3ccc(-c4nc(-c5ccccc5)nc(-c5ccccc5)n4)cc3)c3ccc4c(c3)oc3ccccc34)cc2)cc1.